The zero-order valence-electron chi connectivity index (χ0n) is 8.27. The number of aliphatic carboxylic acids is 1. The van der Waals surface area contributed by atoms with E-state index in [4.69, 9.17) is 5.11 Å². The monoisotopic (exact) mass is 227 g/mol. The van der Waals surface area contributed by atoms with E-state index in [1.807, 2.05) is 24.3 Å². The molecular formula is C11H14ClNO2. The number of carbonyl (C=O) groups is 1. The third-order valence-electron chi connectivity index (χ3n) is 2.63. The minimum Gasteiger partial charge on any atom is -0.481 e. The van der Waals surface area contributed by atoms with Crippen molar-refractivity contribution < 1.29 is 9.90 Å². The van der Waals surface area contributed by atoms with E-state index < -0.39 is 5.97 Å². The van der Waals surface area contributed by atoms with Crippen LogP contribution in [0.3, 0.4) is 0 Å². The van der Waals surface area contributed by atoms with Gasteiger partial charge in [-0.2, -0.15) is 0 Å². The van der Waals surface area contributed by atoms with Gasteiger partial charge in [-0.1, -0.05) is 18.2 Å². The van der Waals surface area contributed by atoms with Crippen molar-refractivity contribution in [3.63, 3.8) is 0 Å². The third-order valence-corrected chi connectivity index (χ3v) is 2.63. The van der Waals surface area contributed by atoms with Gasteiger partial charge in [0, 0.05) is 12.2 Å². The number of rotatable bonds is 2. The first-order chi connectivity index (χ1) is 6.77. The molecule has 1 aliphatic heterocycles. The summed E-state index contributed by atoms with van der Waals surface area (Å²) in [6, 6.07) is 7.94. The molecule has 0 amide bonds. The molecule has 0 radical (unpaired) electrons. The molecule has 0 saturated heterocycles. The van der Waals surface area contributed by atoms with Crippen LogP contribution in [0.15, 0.2) is 24.3 Å². The minimum absolute atomic E-state index is 0. The summed E-state index contributed by atoms with van der Waals surface area (Å²) in [7, 11) is 0. The molecule has 2 N–H and O–H groups in total. The number of carboxylic acids is 1. The molecule has 0 saturated carbocycles. The summed E-state index contributed by atoms with van der Waals surface area (Å²) in [5, 5.41) is 12.0. The van der Waals surface area contributed by atoms with E-state index in [9.17, 15) is 4.79 Å². The second kappa shape index (κ2) is 5.03. The maximum Gasteiger partial charge on any atom is 0.303 e. The zero-order valence-corrected chi connectivity index (χ0v) is 9.09. The van der Waals surface area contributed by atoms with Crippen molar-refractivity contribution in [3.05, 3.63) is 29.8 Å². The minimum atomic E-state index is -0.716. The molecule has 2 rings (SSSR count). The topological polar surface area (TPSA) is 49.3 Å². The van der Waals surface area contributed by atoms with Crippen molar-refractivity contribution in [2.75, 3.05) is 11.9 Å². The van der Waals surface area contributed by atoms with Gasteiger partial charge in [-0.25, -0.2) is 0 Å². The van der Waals surface area contributed by atoms with Crippen molar-refractivity contribution in [3.8, 4) is 0 Å². The van der Waals surface area contributed by atoms with E-state index in [1.54, 1.807) is 0 Å². The van der Waals surface area contributed by atoms with Gasteiger partial charge in [-0.3, -0.25) is 4.79 Å². The van der Waals surface area contributed by atoms with Crippen molar-refractivity contribution in [1.29, 1.82) is 0 Å². The lowest BCUT2D eigenvalue weighted by Gasteiger charge is -2.25. The molecule has 15 heavy (non-hydrogen) atoms. The highest BCUT2D eigenvalue weighted by Crippen LogP contribution is 2.33. The highest BCUT2D eigenvalue weighted by molar-refractivity contribution is 5.85. The summed E-state index contributed by atoms with van der Waals surface area (Å²) in [5.74, 6) is -0.545. The van der Waals surface area contributed by atoms with Gasteiger partial charge in [0.25, 0.3) is 0 Å². The van der Waals surface area contributed by atoms with E-state index >= 15 is 0 Å². The molecule has 0 aromatic heterocycles. The van der Waals surface area contributed by atoms with Crippen LogP contribution >= 0.6 is 12.4 Å². The van der Waals surface area contributed by atoms with Crippen molar-refractivity contribution in [2.24, 2.45) is 0 Å². The van der Waals surface area contributed by atoms with E-state index in [2.05, 4.69) is 5.32 Å². The first kappa shape index (κ1) is 11.9. The SMILES string of the molecule is Cl.O=C(O)CC1CCNc2ccccc21. The van der Waals surface area contributed by atoms with Crippen molar-refractivity contribution >= 4 is 24.1 Å². The Bertz CT molecular complexity index is 354. The summed E-state index contributed by atoms with van der Waals surface area (Å²) >= 11 is 0. The quantitative estimate of drug-likeness (QED) is 0.816. The number of nitrogens with one attached hydrogen (secondary N) is 1. The zero-order chi connectivity index (χ0) is 9.97. The van der Waals surface area contributed by atoms with Gasteiger partial charge >= 0.3 is 5.97 Å². The molecule has 0 fully saturated rings. The number of halogens is 1. The molecule has 0 aliphatic carbocycles. The van der Waals surface area contributed by atoms with Gasteiger partial charge < -0.3 is 10.4 Å². The Morgan fingerprint density at radius 1 is 1.47 bits per heavy atom. The summed E-state index contributed by atoms with van der Waals surface area (Å²) in [6.07, 6.45) is 1.14. The Morgan fingerprint density at radius 3 is 2.93 bits per heavy atom. The molecule has 1 aromatic rings. The Hall–Kier alpha value is -1.22. The lowest BCUT2D eigenvalue weighted by Crippen LogP contribution is -2.18. The Morgan fingerprint density at radius 2 is 2.20 bits per heavy atom. The molecule has 3 nitrogen and oxygen atoms in total. The summed E-state index contributed by atoms with van der Waals surface area (Å²) in [6.45, 7) is 0.870. The Labute approximate surface area is 94.9 Å². The number of carboxylic acid groups (broad SMARTS) is 1. The Balaban J connectivity index is 0.00000112. The molecule has 1 heterocycles. The lowest BCUT2D eigenvalue weighted by atomic mass is 9.88. The smallest absolute Gasteiger partial charge is 0.303 e. The summed E-state index contributed by atoms with van der Waals surface area (Å²) < 4.78 is 0. The average Bonchev–Trinajstić information content (AvgIpc) is 2.18. The third kappa shape index (κ3) is 2.63. The largest absolute Gasteiger partial charge is 0.481 e. The molecule has 1 aliphatic rings. The van der Waals surface area contributed by atoms with E-state index in [1.165, 1.54) is 0 Å². The van der Waals surface area contributed by atoms with E-state index in [-0.39, 0.29) is 24.7 Å². The number of anilines is 1. The summed E-state index contributed by atoms with van der Waals surface area (Å²) in [4.78, 5) is 10.7. The second-order valence-electron chi connectivity index (χ2n) is 3.60. The highest BCUT2D eigenvalue weighted by atomic mass is 35.5. The molecule has 1 atom stereocenters. The number of para-hydroxylation sites is 1. The van der Waals surface area contributed by atoms with Crippen LogP contribution in [0.1, 0.15) is 24.3 Å². The van der Waals surface area contributed by atoms with Crippen LogP contribution in [0.4, 0.5) is 5.69 Å². The maximum atomic E-state index is 10.7. The van der Waals surface area contributed by atoms with Crippen LogP contribution in [0.2, 0.25) is 0 Å². The normalized spacial score (nSPS) is 18.3. The molecule has 0 spiro atoms. The van der Waals surface area contributed by atoms with Crippen LogP contribution in [0, 0.1) is 0 Å². The number of benzene rings is 1. The standard InChI is InChI=1S/C11H13NO2.ClH/c13-11(14)7-8-5-6-12-10-4-2-1-3-9(8)10;/h1-4,8,12H,5-7H2,(H,13,14);1H. The number of fused-ring (bicyclic) bond motifs is 1. The second-order valence-corrected chi connectivity index (χ2v) is 3.60. The molecule has 82 valence electrons. The Kier molecular flexibility index (Phi) is 3.97. The fourth-order valence-electron chi connectivity index (χ4n) is 1.97. The van der Waals surface area contributed by atoms with E-state index in [0.29, 0.717) is 0 Å². The molecule has 0 bridgehead atoms. The summed E-state index contributed by atoms with van der Waals surface area (Å²) in [5.41, 5.74) is 2.23. The van der Waals surface area contributed by atoms with Crippen LogP contribution in [-0.4, -0.2) is 17.6 Å². The van der Waals surface area contributed by atoms with Crippen LogP contribution < -0.4 is 5.32 Å². The lowest BCUT2D eigenvalue weighted by molar-refractivity contribution is -0.137. The van der Waals surface area contributed by atoms with Crippen molar-refractivity contribution in [2.45, 2.75) is 18.8 Å². The van der Waals surface area contributed by atoms with Crippen LogP contribution in [0.25, 0.3) is 0 Å². The first-order valence-electron chi connectivity index (χ1n) is 4.82. The molecule has 4 heteroatoms. The number of hydrogen-bond donors (Lipinski definition) is 2. The predicted octanol–water partition coefficient (Wildman–Crippen LogP) is 2.48. The van der Waals surface area contributed by atoms with E-state index in [0.717, 1.165) is 24.2 Å². The maximum absolute atomic E-state index is 10.7. The first-order valence-corrected chi connectivity index (χ1v) is 4.82. The highest BCUT2D eigenvalue weighted by Gasteiger charge is 2.21. The fraction of sp³-hybridized carbons (Fsp3) is 0.364. The van der Waals surface area contributed by atoms with Crippen LogP contribution in [0.5, 0.6) is 0 Å². The van der Waals surface area contributed by atoms with Gasteiger partial charge in [-0.05, 0) is 24.0 Å². The fourth-order valence-corrected chi connectivity index (χ4v) is 1.97. The molecule has 1 unspecified atom stereocenters. The number of hydrogen-bond acceptors (Lipinski definition) is 2. The van der Waals surface area contributed by atoms with Gasteiger partial charge in [-0.15, -0.1) is 12.4 Å². The van der Waals surface area contributed by atoms with Crippen molar-refractivity contribution in [1.82, 2.24) is 0 Å². The van der Waals surface area contributed by atoms with Gasteiger partial charge in [0.1, 0.15) is 0 Å². The van der Waals surface area contributed by atoms with Crippen LogP contribution in [-0.2, 0) is 4.79 Å². The van der Waals surface area contributed by atoms with Gasteiger partial charge in [0.15, 0.2) is 0 Å². The van der Waals surface area contributed by atoms with Gasteiger partial charge in [0.2, 0.25) is 0 Å². The van der Waals surface area contributed by atoms with Gasteiger partial charge in [0.05, 0.1) is 6.42 Å². The average molecular weight is 228 g/mol. The molecular weight excluding hydrogens is 214 g/mol. The molecule has 1 aromatic carbocycles. The predicted molar refractivity (Wildman–Crippen MR) is 61.8 cm³/mol.